The molecule has 19 heavy (non-hydrogen) atoms. The molecule has 2 aromatic heterocycles. The van der Waals surface area contributed by atoms with Crippen molar-refractivity contribution >= 4 is 6.09 Å². The fourth-order valence-corrected chi connectivity index (χ4v) is 1.46. The average Bonchev–Trinajstić information content (AvgIpc) is 2.87. The SMILES string of the molecule is CC(NC(=O)O)c1ncnn1-c1cnc(C#N)cn1. The van der Waals surface area contributed by atoms with Gasteiger partial charge in [-0.1, -0.05) is 0 Å². The highest BCUT2D eigenvalue weighted by atomic mass is 16.4. The van der Waals surface area contributed by atoms with E-state index in [1.807, 2.05) is 6.07 Å². The molecular formula is C10H9N7O2. The van der Waals surface area contributed by atoms with E-state index in [9.17, 15) is 4.79 Å². The molecular weight excluding hydrogens is 250 g/mol. The van der Waals surface area contributed by atoms with E-state index in [0.717, 1.165) is 0 Å². The van der Waals surface area contributed by atoms with Gasteiger partial charge in [0.25, 0.3) is 0 Å². The van der Waals surface area contributed by atoms with Crippen LogP contribution in [0.1, 0.15) is 24.5 Å². The molecule has 0 aromatic carbocycles. The monoisotopic (exact) mass is 259 g/mol. The minimum absolute atomic E-state index is 0.183. The number of nitriles is 1. The van der Waals surface area contributed by atoms with Crippen LogP contribution in [0, 0.1) is 11.3 Å². The predicted octanol–water partition coefficient (Wildman–Crippen LogP) is 0.258. The van der Waals surface area contributed by atoms with Crippen molar-refractivity contribution in [3.63, 3.8) is 0 Å². The predicted molar refractivity (Wildman–Crippen MR) is 61.2 cm³/mol. The van der Waals surface area contributed by atoms with Crippen LogP contribution in [-0.2, 0) is 0 Å². The van der Waals surface area contributed by atoms with Crippen molar-refractivity contribution in [2.24, 2.45) is 0 Å². The molecule has 0 saturated carbocycles. The maximum atomic E-state index is 10.6. The molecule has 0 aliphatic carbocycles. The first kappa shape index (κ1) is 12.4. The number of carbonyl (C=O) groups is 1. The fourth-order valence-electron chi connectivity index (χ4n) is 1.46. The molecule has 0 aliphatic heterocycles. The van der Waals surface area contributed by atoms with E-state index in [1.54, 1.807) is 6.92 Å². The fraction of sp³-hybridized carbons (Fsp3) is 0.200. The summed E-state index contributed by atoms with van der Waals surface area (Å²) in [5.41, 5.74) is 0.183. The lowest BCUT2D eigenvalue weighted by molar-refractivity contribution is 0.190. The summed E-state index contributed by atoms with van der Waals surface area (Å²) in [5.74, 6) is 0.729. The summed E-state index contributed by atoms with van der Waals surface area (Å²) in [6.45, 7) is 1.63. The van der Waals surface area contributed by atoms with Gasteiger partial charge in [-0.3, -0.25) is 0 Å². The lowest BCUT2D eigenvalue weighted by Gasteiger charge is -2.11. The van der Waals surface area contributed by atoms with Gasteiger partial charge in [0, 0.05) is 0 Å². The van der Waals surface area contributed by atoms with E-state index in [4.69, 9.17) is 10.4 Å². The Morgan fingerprint density at radius 3 is 2.84 bits per heavy atom. The number of carboxylic acid groups (broad SMARTS) is 1. The van der Waals surface area contributed by atoms with Crippen LogP contribution in [0.4, 0.5) is 4.79 Å². The number of hydrogen-bond acceptors (Lipinski definition) is 6. The molecule has 0 spiro atoms. The second-order valence-electron chi connectivity index (χ2n) is 3.57. The topological polar surface area (TPSA) is 130 Å². The van der Waals surface area contributed by atoms with Crippen LogP contribution in [0.5, 0.6) is 0 Å². The zero-order valence-corrected chi connectivity index (χ0v) is 9.85. The Labute approximate surface area is 107 Å². The summed E-state index contributed by atoms with van der Waals surface area (Å²) < 4.78 is 1.36. The molecule has 1 amide bonds. The van der Waals surface area contributed by atoms with Gasteiger partial charge in [0.15, 0.2) is 17.3 Å². The molecule has 0 bridgehead atoms. The molecule has 0 saturated heterocycles. The summed E-state index contributed by atoms with van der Waals surface area (Å²) >= 11 is 0. The van der Waals surface area contributed by atoms with Crippen LogP contribution in [0.3, 0.4) is 0 Å². The van der Waals surface area contributed by atoms with Gasteiger partial charge in [-0.2, -0.15) is 15.0 Å². The molecule has 0 radical (unpaired) electrons. The highest BCUT2D eigenvalue weighted by Gasteiger charge is 2.16. The van der Waals surface area contributed by atoms with Crippen molar-refractivity contribution in [2.75, 3.05) is 0 Å². The number of rotatable bonds is 3. The van der Waals surface area contributed by atoms with Crippen molar-refractivity contribution in [1.82, 2.24) is 30.0 Å². The molecule has 0 aliphatic rings. The second kappa shape index (κ2) is 5.09. The zero-order valence-electron chi connectivity index (χ0n) is 9.85. The van der Waals surface area contributed by atoms with E-state index in [1.165, 1.54) is 23.4 Å². The molecule has 2 aromatic rings. The molecule has 2 N–H and O–H groups in total. The summed E-state index contributed by atoms with van der Waals surface area (Å²) in [4.78, 5) is 22.5. The summed E-state index contributed by atoms with van der Waals surface area (Å²) in [6.07, 6.45) is 2.79. The first-order valence-electron chi connectivity index (χ1n) is 5.23. The molecule has 96 valence electrons. The van der Waals surface area contributed by atoms with Gasteiger partial charge in [0.05, 0.1) is 18.4 Å². The molecule has 0 fully saturated rings. The standard InChI is InChI=1S/C10H9N7O2/c1-6(16-10(18)19)9-14-5-15-17(9)8-4-12-7(2-11)3-13-8/h3-6,16H,1H3,(H,18,19). The van der Waals surface area contributed by atoms with Gasteiger partial charge >= 0.3 is 6.09 Å². The van der Waals surface area contributed by atoms with Crippen molar-refractivity contribution in [2.45, 2.75) is 13.0 Å². The maximum absolute atomic E-state index is 10.6. The molecule has 2 rings (SSSR count). The first-order valence-corrected chi connectivity index (χ1v) is 5.23. The second-order valence-corrected chi connectivity index (χ2v) is 3.57. The van der Waals surface area contributed by atoms with Crippen LogP contribution in [0.25, 0.3) is 5.82 Å². The molecule has 2 heterocycles. The van der Waals surface area contributed by atoms with Crippen LogP contribution in [0.2, 0.25) is 0 Å². The molecule has 9 heteroatoms. The van der Waals surface area contributed by atoms with E-state index < -0.39 is 12.1 Å². The highest BCUT2D eigenvalue weighted by molar-refractivity contribution is 5.64. The average molecular weight is 259 g/mol. The molecule has 9 nitrogen and oxygen atoms in total. The van der Waals surface area contributed by atoms with E-state index in [0.29, 0.717) is 11.6 Å². The maximum Gasteiger partial charge on any atom is 0.405 e. The summed E-state index contributed by atoms with van der Waals surface area (Å²) in [7, 11) is 0. The van der Waals surface area contributed by atoms with Crippen molar-refractivity contribution in [1.29, 1.82) is 5.26 Å². The number of amides is 1. The lowest BCUT2D eigenvalue weighted by Crippen LogP contribution is -2.27. The van der Waals surface area contributed by atoms with Crippen LogP contribution < -0.4 is 5.32 Å². The number of hydrogen-bond donors (Lipinski definition) is 2. The lowest BCUT2D eigenvalue weighted by atomic mass is 10.3. The number of nitrogens with zero attached hydrogens (tertiary/aromatic N) is 6. The van der Waals surface area contributed by atoms with Crippen molar-refractivity contribution < 1.29 is 9.90 Å². The zero-order chi connectivity index (χ0) is 13.8. The highest BCUT2D eigenvalue weighted by Crippen LogP contribution is 2.12. The Kier molecular flexibility index (Phi) is 3.33. The summed E-state index contributed by atoms with van der Waals surface area (Å²) in [6, 6.07) is 1.30. The molecule has 1 atom stereocenters. The van der Waals surface area contributed by atoms with Crippen LogP contribution >= 0.6 is 0 Å². The van der Waals surface area contributed by atoms with E-state index in [2.05, 4.69) is 25.4 Å². The minimum atomic E-state index is -1.16. The Morgan fingerprint density at radius 1 is 1.47 bits per heavy atom. The van der Waals surface area contributed by atoms with Crippen molar-refractivity contribution in [3.8, 4) is 11.9 Å². The van der Waals surface area contributed by atoms with Gasteiger partial charge in [-0.05, 0) is 6.92 Å². The van der Waals surface area contributed by atoms with Gasteiger partial charge in [-0.15, -0.1) is 0 Å². The van der Waals surface area contributed by atoms with Crippen LogP contribution in [-0.4, -0.2) is 35.9 Å². The smallest absolute Gasteiger partial charge is 0.405 e. The third-order valence-electron chi connectivity index (χ3n) is 2.27. The van der Waals surface area contributed by atoms with Gasteiger partial charge < -0.3 is 10.4 Å². The quantitative estimate of drug-likeness (QED) is 0.808. The van der Waals surface area contributed by atoms with Gasteiger partial charge in [0.2, 0.25) is 0 Å². The third kappa shape index (κ3) is 2.63. The third-order valence-corrected chi connectivity index (χ3v) is 2.27. The summed E-state index contributed by atoms with van der Waals surface area (Å²) in [5, 5.41) is 23.5. The van der Waals surface area contributed by atoms with E-state index in [-0.39, 0.29) is 5.69 Å². The number of nitrogens with one attached hydrogen (secondary N) is 1. The Bertz CT molecular complexity index is 628. The Hall–Kier alpha value is -3.02. The first-order chi connectivity index (χ1) is 9.11. The largest absolute Gasteiger partial charge is 0.465 e. The van der Waals surface area contributed by atoms with Gasteiger partial charge in [-0.25, -0.2) is 19.7 Å². The van der Waals surface area contributed by atoms with Crippen LogP contribution in [0.15, 0.2) is 18.7 Å². The molecule has 1 unspecified atom stereocenters. The minimum Gasteiger partial charge on any atom is -0.465 e. The number of aromatic nitrogens is 5. The Balaban J connectivity index is 2.33. The van der Waals surface area contributed by atoms with E-state index >= 15 is 0 Å². The Morgan fingerprint density at radius 2 is 2.26 bits per heavy atom. The van der Waals surface area contributed by atoms with Crippen molar-refractivity contribution in [3.05, 3.63) is 30.2 Å². The normalized spacial score (nSPS) is 11.6. The van der Waals surface area contributed by atoms with Gasteiger partial charge in [0.1, 0.15) is 12.4 Å².